The van der Waals surface area contributed by atoms with Crippen molar-refractivity contribution in [3.8, 4) is 28.4 Å². The molecule has 1 atom stereocenters. The summed E-state index contributed by atoms with van der Waals surface area (Å²) in [6, 6.07) is 17.5. The zero-order chi connectivity index (χ0) is 28.5. The molecule has 214 valence electrons. The van der Waals surface area contributed by atoms with Gasteiger partial charge in [0.05, 0.1) is 21.3 Å². The fraction of sp³-hybridized carbons (Fsp3) is 0.387. The van der Waals surface area contributed by atoms with Crippen LogP contribution in [0, 0.1) is 0 Å². The lowest BCUT2D eigenvalue weighted by Crippen LogP contribution is -2.34. The van der Waals surface area contributed by atoms with Crippen molar-refractivity contribution >= 4 is 34.9 Å². The number of carbonyl (C=O) groups excluding carboxylic acids is 1. The molecule has 0 aliphatic heterocycles. The highest BCUT2D eigenvalue weighted by molar-refractivity contribution is 6.35. The fourth-order valence-electron chi connectivity index (χ4n) is 5.22. The van der Waals surface area contributed by atoms with E-state index in [9.17, 15) is 4.79 Å². The van der Waals surface area contributed by atoms with Crippen LogP contribution in [0.1, 0.15) is 43.6 Å². The first kappa shape index (κ1) is 29.8. The molecular formula is C31H37Cl2N3O4. The van der Waals surface area contributed by atoms with Crippen LogP contribution < -0.4 is 30.2 Å². The third kappa shape index (κ3) is 7.96. The minimum atomic E-state index is -0.312. The molecule has 0 spiro atoms. The average Bonchev–Trinajstić information content (AvgIpc) is 3.47. The minimum absolute atomic E-state index is 0.0876. The van der Waals surface area contributed by atoms with Gasteiger partial charge in [0.1, 0.15) is 0 Å². The molecular weight excluding hydrogens is 549 g/mol. The Labute approximate surface area is 246 Å². The summed E-state index contributed by atoms with van der Waals surface area (Å²) < 4.78 is 16.6. The summed E-state index contributed by atoms with van der Waals surface area (Å²) in [6.45, 7) is 1.34. The molecule has 1 unspecified atom stereocenters. The Morgan fingerprint density at radius 1 is 0.900 bits per heavy atom. The van der Waals surface area contributed by atoms with Crippen LogP contribution in [-0.4, -0.2) is 46.5 Å². The summed E-state index contributed by atoms with van der Waals surface area (Å²) in [5, 5.41) is 10.5. The van der Waals surface area contributed by atoms with E-state index in [0.717, 1.165) is 29.7 Å². The fourth-order valence-corrected chi connectivity index (χ4v) is 5.74. The van der Waals surface area contributed by atoms with Crippen LogP contribution in [0.3, 0.4) is 0 Å². The molecule has 0 aromatic heterocycles. The Balaban J connectivity index is 1.53. The number of hydrogen-bond acceptors (Lipinski definition) is 5. The molecule has 3 N–H and O–H groups in total. The number of hydrogen-bond donors (Lipinski definition) is 3. The minimum Gasteiger partial charge on any atom is -0.493 e. The molecule has 7 nitrogen and oxygen atoms in total. The predicted molar refractivity (Wildman–Crippen MR) is 163 cm³/mol. The Bertz CT molecular complexity index is 1250. The van der Waals surface area contributed by atoms with Crippen molar-refractivity contribution in [2.24, 2.45) is 0 Å². The quantitative estimate of drug-likeness (QED) is 0.205. The molecule has 1 saturated carbocycles. The Morgan fingerprint density at radius 2 is 1.57 bits per heavy atom. The number of benzene rings is 3. The van der Waals surface area contributed by atoms with Crippen molar-refractivity contribution in [3.05, 3.63) is 70.2 Å². The molecule has 0 heterocycles. The summed E-state index contributed by atoms with van der Waals surface area (Å²) in [6.07, 6.45) is 5.90. The number of halogens is 2. The maximum absolute atomic E-state index is 12.8. The van der Waals surface area contributed by atoms with Gasteiger partial charge in [-0.2, -0.15) is 0 Å². The molecule has 1 aliphatic rings. The number of nitrogens with one attached hydrogen (secondary N) is 3. The molecule has 0 bridgehead atoms. The van der Waals surface area contributed by atoms with Gasteiger partial charge in [0.15, 0.2) is 11.5 Å². The zero-order valence-corrected chi connectivity index (χ0v) is 24.7. The van der Waals surface area contributed by atoms with E-state index >= 15 is 0 Å². The van der Waals surface area contributed by atoms with E-state index in [-0.39, 0.29) is 11.9 Å². The van der Waals surface area contributed by atoms with Crippen molar-refractivity contribution in [2.45, 2.75) is 44.1 Å². The number of urea groups is 1. The summed E-state index contributed by atoms with van der Waals surface area (Å²) in [5.41, 5.74) is 3.63. The van der Waals surface area contributed by atoms with Gasteiger partial charge in [-0.25, -0.2) is 4.79 Å². The van der Waals surface area contributed by atoms with E-state index in [1.807, 2.05) is 18.2 Å². The van der Waals surface area contributed by atoms with E-state index in [1.165, 1.54) is 25.7 Å². The molecule has 40 heavy (non-hydrogen) atoms. The van der Waals surface area contributed by atoms with Crippen molar-refractivity contribution < 1.29 is 19.0 Å². The van der Waals surface area contributed by atoms with Crippen molar-refractivity contribution in [3.63, 3.8) is 0 Å². The lowest BCUT2D eigenvalue weighted by Gasteiger charge is -2.21. The second-order valence-corrected chi connectivity index (χ2v) is 10.8. The second kappa shape index (κ2) is 14.5. The molecule has 1 fully saturated rings. The SMILES string of the molecule is COc1cc(-c2cccc(C(CCNC3CCCC3)CNC(=O)Nc3cc(Cl)cc(Cl)c3)c2)cc(OC)c1OC. The van der Waals surface area contributed by atoms with Crippen LogP contribution in [0.25, 0.3) is 11.1 Å². The van der Waals surface area contributed by atoms with Crippen LogP contribution >= 0.6 is 23.2 Å². The largest absolute Gasteiger partial charge is 0.493 e. The van der Waals surface area contributed by atoms with Gasteiger partial charge < -0.3 is 30.2 Å². The lowest BCUT2D eigenvalue weighted by atomic mass is 9.92. The van der Waals surface area contributed by atoms with Crippen LogP contribution in [-0.2, 0) is 0 Å². The summed E-state index contributed by atoms with van der Waals surface area (Å²) in [5.74, 6) is 1.83. The lowest BCUT2D eigenvalue weighted by molar-refractivity contribution is 0.251. The Morgan fingerprint density at radius 3 is 2.20 bits per heavy atom. The van der Waals surface area contributed by atoms with Crippen molar-refractivity contribution in [1.82, 2.24) is 10.6 Å². The van der Waals surface area contributed by atoms with Crippen LogP contribution in [0.2, 0.25) is 10.0 Å². The maximum atomic E-state index is 12.8. The third-order valence-corrected chi connectivity index (χ3v) is 7.70. The van der Waals surface area contributed by atoms with Gasteiger partial charge >= 0.3 is 6.03 Å². The highest BCUT2D eigenvalue weighted by atomic mass is 35.5. The van der Waals surface area contributed by atoms with Gasteiger partial charge in [0.25, 0.3) is 0 Å². The first-order valence-corrected chi connectivity index (χ1v) is 14.3. The summed E-state index contributed by atoms with van der Waals surface area (Å²) >= 11 is 12.2. The van der Waals surface area contributed by atoms with Crippen LogP contribution in [0.5, 0.6) is 17.2 Å². The van der Waals surface area contributed by atoms with Gasteiger partial charge in [0.2, 0.25) is 5.75 Å². The average molecular weight is 587 g/mol. The molecule has 4 rings (SSSR count). The van der Waals surface area contributed by atoms with E-state index in [4.69, 9.17) is 37.4 Å². The molecule has 3 aromatic carbocycles. The van der Waals surface area contributed by atoms with E-state index in [2.05, 4.69) is 34.1 Å². The van der Waals surface area contributed by atoms with Crippen LogP contribution in [0.4, 0.5) is 10.5 Å². The predicted octanol–water partition coefficient (Wildman–Crippen LogP) is 7.51. The first-order chi connectivity index (χ1) is 19.4. The van der Waals surface area contributed by atoms with Gasteiger partial charge in [-0.15, -0.1) is 0 Å². The second-order valence-electron chi connectivity index (χ2n) is 9.95. The number of ether oxygens (including phenoxy) is 3. The summed E-state index contributed by atoms with van der Waals surface area (Å²) in [4.78, 5) is 12.8. The van der Waals surface area contributed by atoms with Gasteiger partial charge in [-0.05, 0) is 72.8 Å². The van der Waals surface area contributed by atoms with Crippen molar-refractivity contribution in [2.75, 3.05) is 39.7 Å². The topological polar surface area (TPSA) is 80.9 Å². The number of methoxy groups -OCH3 is 3. The third-order valence-electron chi connectivity index (χ3n) is 7.27. The van der Waals surface area contributed by atoms with E-state index in [1.54, 1.807) is 39.5 Å². The zero-order valence-electron chi connectivity index (χ0n) is 23.2. The summed E-state index contributed by atoms with van der Waals surface area (Å²) in [7, 11) is 4.81. The molecule has 1 aliphatic carbocycles. The molecule has 2 amide bonds. The first-order valence-electron chi connectivity index (χ1n) is 13.5. The van der Waals surface area contributed by atoms with E-state index < -0.39 is 0 Å². The van der Waals surface area contributed by atoms with Gasteiger partial charge in [-0.1, -0.05) is 60.3 Å². The van der Waals surface area contributed by atoms with Gasteiger partial charge in [-0.3, -0.25) is 0 Å². The van der Waals surface area contributed by atoms with Crippen LogP contribution in [0.15, 0.2) is 54.6 Å². The monoisotopic (exact) mass is 585 g/mol. The highest BCUT2D eigenvalue weighted by Gasteiger charge is 2.19. The number of anilines is 1. The Hall–Kier alpha value is -3.13. The molecule has 3 aromatic rings. The number of rotatable bonds is 12. The highest BCUT2D eigenvalue weighted by Crippen LogP contribution is 2.41. The normalized spacial score (nSPS) is 14.0. The smallest absolute Gasteiger partial charge is 0.319 e. The number of amides is 2. The number of carbonyl (C=O) groups is 1. The van der Waals surface area contributed by atoms with Crippen molar-refractivity contribution in [1.29, 1.82) is 0 Å². The molecule has 9 heteroatoms. The van der Waals surface area contributed by atoms with Gasteiger partial charge in [0, 0.05) is 34.2 Å². The van der Waals surface area contributed by atoms with E-state index in [0.29, 0.717) is 45.6 Å². The standard InChI is InChI=1S/C31H37Cl2N3O4/c1-38-28-14-23(15-29(39-2)30(28)40-3)21-8-6-7-20(13-21)22(11-12-34-26-9-4-5-10-26)19-35-31(37)36-27-17-24(32)16-25(33)18-27/h6-8,13-18,22,26,34H,4-5,9-12,19H2,1-3H3,(H2,35,36,37). The Kier molecular flexibility index (Phi) is 10.8. The maximum Gasteiger partial charge on any atom is 0.319 e. The molecule has 0 saturated heterocycles. The molecule has 0 radical (unpaired) electrons.